The predicted molar refractivity (Wildman–Crippen MR) is 110 cm³/mol. The fraction of sp³-hybridized carbons (Fsp3) is 0.286. The Bertz CT molecular complexity index is 998. The summed E-state index contributed by atoms with van der Waals surface area (Å²) in [6, 6.07) is 14.4. The fourth-order valence-electron chi connectivity index (χ4n) is 2.95. The summed E-state index contributed by atoms with van der Waals surface area (Å²) in [6.45, 7) is 2.52. The molecule has 3 rings (SSSR count). The van der Waals surface area contributed by atoms with Gasteiger partial charge in [0.15, 0.2) is 12.3 Å². The van der Waals surface area contributed by atoms with Crippen LogP contribution in [-0.2, 0) is 11.3 Å². The van der Waals surface area contributed by atoms with Gasteiger partial charge >= 0.3 is 5.91 Å². The van der Waals surface area contributed by atoms with E-state index < -0.39 is 5.91 Å². The average molecular weight is 400 g/mol. The average Bonchev–Trinajstić information content (AvgIpc) is 2.97. The minimum Gasteiger partial charge on any atom is -0.493 e. The maximum absolute atomic E-state index is 12.0. The third kappa shape index (κ3) is 4.51. The van der Waals surface area contributed by atoms with Crippen LogP contribution in [0.1, 0.15) is 26.2 Å². The van der Waals surface area contributed by atoms with Gasteiger partial charge in [-0.3, -0.25) is 4.79 Å². The van der Waals surface area contributed by atoms with Gasteiger partial charge in [-0.15, -0.1) is 10.2 Å². The molecule has 1 aromatic heterocycles. The summed E-state index contributed by atoms with van der Waals surface area (Å²) in [4.78, 5) is 12.0. The second kappa shape index (κ2) is 9.37. The van der Waals surface area contributed by atoms with Gasteiger partial charge in [0.2, 0.25) is 5.88 Å². The van der Waals surface area contributed by atoms with Crippen LogP contribution in [0.25, 0.3) is 10.9 Å². The SMILES string of the molecule is CCCCCn1c(O)c(N=NC(=O)COc2ccccc2Cl)c2ccccc21. The van der Waals surface area contributed by atoms with Crippen LogP contribution in [0, 0.1) is 0 Å². The van der Waals surface area contributed by atoms with Gasteiger partial charge in [0.25, 0.3) is 0 Å². The highest BCUT2D eigenvalue weighted by atomic mass is 35.5. The lowest BCUT2D eigenvalue weighted by molar-refractivity contribution is -0.120. The van der Waals surface area contributed by atoms with Gasteiger partial charge in [-0.1, -0.05) is 61.7 Å². The van der Waals surface area contributed by atoms with E-state index in [2.05, 4.69) is 17.2 Å². The Kier molecular flexibility index (Phi) is 6.66. The van der Waals surface area contributed by atoms with Crippen molar-refractivity contribution < 1.29 is 14.6 Å². The molecule has 1 N–H and O–H groups in total. The summed E-state index contributed by atoms with van der Waals surface area (Å²) in [5.41, 5.74) is 1.16. The van der Waals surface area contributed by atoms with Gasteiger partial charge in [0.05, 0.1) is 10.5 Å². The van der Waals surface area contributed by atoms with Crippen LogP contribution in [0.2, 0.25) is 5.02 Å². The van der Waals surface area contributed by atoms with E-state index >= 15 is 0 Å². The number of amides is 1. The number of carbonyl (C=O) groups is 1. The first-order valence-electron chi connectivity index (χ1n) is 9.24. The molecule has 0 fully saturated rings. The lowest BCUT2D eigenvalue weighted by atomic mass is 10.2. The van der Waals surface area contributed by atoms with Gasteiger partial charge in [-0.25, -0.2) is 0 Å². The Morgan fingerprint density at radius 3 is 2.68 bits per heavy atom. The normalized spacial score (nSPS) is 11.4. The largest absolute Gasteiger partial charge is 0.493 e. The molecule has 3 aromatic rings. The second-order valence-corrected chi connectivity index (χ2v) is 6.77. The number of aromatic nitrogens is 1. The molecular formula is C21H22ClN3O3. The summed E-state index contributed by atoms with van der Waals surface area (Å²) < 4.78 is 7.18. The van der Waals surface area contributed by atoms with Crippen molar-refractivity contribution in [3.63, 3.8) is 0 Å². The van der Waals surface area contributed by atoms with Gasteiger partial charge < -0.3 is 14.4 Å². The number of rotatable bonds is 8. The maximum Gasteiger partial charge on any atom is 0.302 e. The maximum atomic E-state index is 12.0. The zero-order chi connectivity index (χ0) is 19.9. The van der Waals surface area contributed by atoms with E-state index in [1.807, 2.05) is 28.8 Å². The van der Waals surface area contributed by atoms with E-state index in [-0.39, 0.29) is 18.2 Å². The van der Waals surface area contributed by atoms with Crippen molar-refractivity contribution in [1.82, 2.24) is 4.57 Å². The highest BCUT2D eigenvalue weighted by Crippen LogP contribution is 2.39. The van der Waals surface area contributed by atoms with E-state index in [1.165, 1.54) is 0 Å². The minimum absolute atomic E-state index is 0.0147. The summed E-state index contributed by atoms with van der Waals surface area (Å²) in [5, 5.41) is 19.5. The van der Waals surface area contributed by atoms with Crippen LogP contribution < -0.4 is 4.74 Å². The molecule has 0 aliphatic carbocycles. The molecule has 1 heterocycles. The molecule has 2 aromatic carbocycles. The molecule has 0 atom stereocenters. The van der Waals surface area contributed by atoms with Gasteiger partial charge in [0.1, 0.15) is 5.75 Å². The van der Waals surface area contributed by atoms with Crippen molar-refractivity contribution in [2.45, 2.75) is 32.7 Å². The highest BCUT2D eigenvalue weighted by Gasteiger charge is 2.16. The topological polar surface area (TPSA) is 76.2 Å². The number of fused-ring (bicyclic) bond motifs is 1. The monoisotopic (exact) mass is 399 g/mol. The summed E-state index contributed by atoms with van der Waals surface area (Å²) >= 11 is 6.00. The van der Waals surface area contributed by atoms with Gasteiger partial charge in [0, 0.05) is 11.9 Å². The van der Waals surface area contributed by atoms with Crippen LogP contribution in [0.3, 0.4) is 0 Å². The van der Waals surface area contributed by atoms with Crippen molar-refractivity contribution >= 4 is 34.1 Å². The van der Waals surface area contributed by atoms with Crippen molar-refractivity contribution in [1.29, 1.82) is 0 Å². The van der Waals surface area contributed by atoms with E-state index in [1.54, 1.807) is 24.3 Å². The van der Waals surface area contributed by atoms with Crippen molar-refractivity contribution in [3.8, 4) is 11.6 Å². The Morgan fingerprint density at radius 2 is 1.89 bits per heavy atom. The van der Waals surface area contributed by atoms with Crippen molar-refractivity contribution in [2.75, 3.05) is 6.61 Å². The molecule has 1 amide bonds. The van der Waals surface area contributed by atoms with E-state index in [0.717, 1.165) is 30.2 Å². The number of unbranched alkanes of at least 4 members (excludes halogenated alkanes) is 2. The lowest BCUT2D eigenvalue weighted by Crippen LogP contribution is -2.08. The lowest BCUT2D eigenvalue weighted by Gasteiger charge is -2.06. The molecule has 146 valence electrons. The van der Waals surface area contributed by atoms with Crippen molar-refractivity contribution in [3.05, 3.63) is 53.6 Å². The first-order valence-corrected chi connectivity index (χ1v) is 9.61. The van der Waals surface area contributed by atoms with Gasteiger partial charge in [-0.05, 0) is 24.6 Å². The van der Waals surface area contributed by atoms with Crippen LogP contribution in [-0.4, -0.2) is 22.2 Å². The first-order chi connectivity index (χ1) is 13.6. The molecule has 0 aliphatic rings. The molecule has 0 saturated heterocycles. The number of hydrogen-bond acceptors (Lipinski definition) is 4. The third-order valence-corrected chi connectivity index (χ3v) is 4.66. The number of hydrogen-bond donors (Lipinski definition) is 1. The fourth-order valence-corrected chi connectivity index (χ4v) is 3.14. The number of nitrogens with zero attached hydrogens (tertiary/aromatic N) is 3. The zero-order valence-corrected chi connectivity index (χ0v) is 16.4. The number of halogens is 1. The van der Waals surface area contributed by atoms with Crippen LogP contribution in [0.4, 0.5) is 5.69 Å². The number of aryl methyl sites for hydroxylation is 1. The predicted octanol–water partition coefficient (Wildman–Crippen LogP) is 5.88. The molecule has 6 nitrogen and oxygen atoms in total. The van der Waals surface area contributed by atoms with Gasteiger partial charge in [-0.2, -0.15) is 0 Å². The smallest absolute Gasteiger partial charge is 0.302 e. The summed E-state index contributed by atoms with van der Waals surface area (Å²) in [6.07, 6.45) is 3.11. The molecular weight excluding hydrogens is 378 g/mol. The van der Waals surface area contributed by atoms with E-state index in [4.69, 9.17) is 16.3 Å². The molecule has 0 bridgehead atoms. The number of para-hydroxylation sites is 2. The number of carbonyl (C=O) groups excluding carboxylic acids is 1. The van der Waals surface area contributed by atoms with Crippen LogP contribution in [0.5, 0.6) is 11.6 Å². The molecule has 0 aliphatic heterocycles. The molecule has 28 heavy (non-hydrogen) atoms. The summed E-state index contributed by atoms with van der Waals surface area (Å²) in [7, 11) is 0. The number of benzene rings is 2. The van der Waals surface area contributed by atoms with E-state index in [9.17, 15) is 9.90 Å². The van der Waals surface area contributed by atoms with Crippen LogP contribution >= 0.6 is 11.6 Å². The van der Waals surface area contributed by atoms with Crippen LogP contribution in [0.15, 0.2) is 58.8 Å². The third-order valence-electron chi connectivity index (χ3n) is 4.35. The Balaban J connectivity index is 1.76. The second-order valence-electron chi connectivity index (χ2n) is 6.36. The number of azo groups is 1. The first kappa shape index (κ1) is 19.9. The standard InChI is InChI=1S/C21H22ClN3O3/c1-2-3-8-13-25-17-11-6-4-9-15(17)20(21(25)27)24-23-19(26)14-28-18-12-7-5-10-16(18)22/h4-7,9-12,27H,2-3,8,13-14H2,1H3. The quantitative estimate of drug-likeness (QED) is 0.379. The summed E-state index contributed by atoms with van der Waals surface area (Å²) in [5.74, 6) is -0.147. The molecule has 0 saturated carbocycles. The molecule has 7 heteroatoms. The molecule has 0 radical (unpaired) electrons. The number of aromatic hydroxyl groups is 1. The zero-order valence-electron chi connectivity index (χ0n) is 15.6. The molecule has 0 spiro atoms. The van der Waals surface area contributed by atoms with Crippen molar-refractivity contribution in [2.24, 2.45) is 10.2 Å². The Labute approximate surface area is 168 Å². The Morgan fingerprint density at radius 1 is 1.14 bits per heavy atom. The van der Waals surface area contributed by atoms with E-state index in [0.29, 0.717) is 17.3 Å². The number of ether oxygens (including phenoxy) is 1. The highest BCUT2D eigenvalue weighted by molar-refractivity contribution is 6.32. The minimum atomic E-state index is -0.567. The molecule has 0 unspecified atom stereocenters. The Hall–Kier alpha value is -2.86.